The van der Waals surface area contributed by atoms with Crippen LogP contribution < -0.4 is 0 Å². The summed E-state index contributed by atoms with van der Waals surface area (Å²) in [6.45, 7) is 6.98. The lowest BCUT2D eigenvalue weighted by Gasteiger charge is -2.35. The van der Waals surface area contributed by atoms with Crippen LogP contribution in [0.1, 0.15) is 32.8 Å². The molecule has 19 heavy (non-hydrogen) atoms. The fraction of sp³-hybridized carbons (Fsp3) is 0.500. The van der Waals surface area contributed by atoms with Crippen LogP contribution in [-0.2, 0) is 11.3 Å². The number of hydrogen-bond donors (Lipinski definition) is 3. The fourth-order valence-corrected chi connectivity index (χ4v) is 1.77. The summed E-state index contributed by atoms with van der Waals surface area (Å²) in [5, 5.41) is 27.5. The van der Waals surface area contributed by atoms with Crippen molar-refractivity contribution in [1.29, 1.82) is 0 Å². The Balaban J connectivity index is 2.81. The lowest BCUT2D eigenvalue weighted by atomic mass is 10.0. The van der Waals surface area contributed by atoms with Gasteiger partial charge in [-0.25, -0.2) is 0 Å². The second-order valence-electron chi connectivity index (χ2n) is 5.56. The molecule has 1 aromatic rings. The lowest BCUT2D eigenvalue weighted by Crippen LogP contribution is -2.41. The molecule has 0 heterocycles. The predicted octanol–water partition coefficient (Wildman–Crippen LogP) is 2.17. The molecule has 0 aliphatic rings. The second-order valence-corrected chi connectivity index (χ2v) is 5.56. The molecular formula is C14H21NO4. The number of benzene rings is 1. The zero-order valence-electron chi connectivity index (χ0n) is 11.6. The van der Waals surface area contributed by atoms with Crippen molar-refractivity contribution in [3.63, 3.8) is 0 Å². The molecule has 0 radical (unpaired) electrons. The van der Waals surface area contributed by atoms with E-state index in [1.54, 1.807) is 6.07 Å². The van der Waals surface area contributed by atoms with Gasteiger partial charge in [-0.15, -0.1) is 0 Å². The molecule has 0 bridgehead atoms. The highest BCUT2D eigenvalue weighted by molar-refractivity contribution is 5.66. The normalized spacial score (nSPS) is 11.8. The molecule has 0 fully saturated rings. The zero-order chi connectivity index (χ0) is 14.6. The van der Waals surface area contributed by atoms with Gasteiger partial charge >= 0.3 is 5.97 Å². The van der Waals surface area contributed by atoms with Gasteiger partial charge in [-0.1, -0.05) is 6.07 Å². The van der Waals surface area contributed by atoms with Crippen LogP contribution in [0.15, 0.2) is 18.2 Å². The Kier molecular flexibility index (Phi) is 4.78. The Morgan fingerprint density at radius 1 is 1.21 bits per heavy atom. The third-order valence-electron chi connectivity index (χ3n) is 2.96. The molecule has 5 heteroatoms. The maximum atomic E-state index is 10.7. The highest BCUT2D eigenvalue weighted by atomic mass is 16.4. The number of phenolic OH excluding ortho intramolecular Hbond substituents is 2. The van der Waals surface area contributed by atoms with Gasteiger partial charge in [0.05, 0.1) is 6.42 Å². The van der Waals surface area contributed by atoms with Crippen molar-refractivity contribution in [3.05, 3.63) is 23.8 Å². The number of rotatable bonds is 5. The minimum Gasteiger partial charge on any atom is -0.504 e. The SMILES string of the molecule is CC(C)(C)N(CCC(=O)O)Cc1ccc(O)c(O)c1. The van der Waals surface area contributed by atoms with E-state index in [2.05, 4.69) is 0 Å². The Labute approximate surface area is 113 Å². The number of carboxylic acids is 1. The fourth-order valence-electron chi connectivity index (χ4n) is 1.77. The number of nitrogens with zero attached hydrogens (tertiary/aromatic N) is 1. The smallest absolute Gasteiger partial charge is 0.304 e. The van der Waals surface area contributed by atoms with Gasteiger partial charge in [0.2, 0.25) is 0 Å². The van der Waals surface area contributed by atoms with Gasteiger partial charge in [-0.3, -0.25) is 9.69 Å². The van der Waals surface area contributed by atoms with Crippen LogP contribution in [0.4, 0.5) is 0 Å². The van der Waals surface area contributed by atoms with E-state index in [4.69, 9.17) is 5.11 Å². The Bertz CT molecular complexity index is 451. The van der Waals surface area contributed by atoms with Crippen molar-refractivity contribution in [2.75, 3.05) is 6.54 Å². The van der Waals surface area contributed by atoms with Crippen molar-refractivity contribution >= 4 is 5.97 Å². The highest BCUT2D eigenvalue weighted by Crippen LogP contribution is 2.26. The molecule has 5 nitrogen and oxygen atoms in total. The third-order valence-corrected chi connectivity index (χ3v) is 2.96. The summed E-state index contributed by atoms with van der Waals surface area (Å²) in [4.78, 5) is 12.7. The molecule has 1 aromatic carbocycles. The number of phenols is 2. The van der Waals surface area contributed by atoms with Gasteiger partial charge in [0.15, 0.2) is 11.5 Å². The molecule has 0 aliphatic carbocycles. The van der Waals surface area contributed by atoms with Crippen molar-refractivity contribution in [2.24, 2.45) is 0 Å². The van der Waals surface area contributed by atoms with Crippen LogP contribution in [0.2, 0.25) is 0 Å². The molecule has 1 rings (SSSR count). The second kappa shape index (κ2) is 5.93. The summed E-state index contributed by atoms with van der Waals surface area (Å²) < 4.78 is 0. The first kappa shape index (κ1) is 15.3. The zero-order valence-corrected chi connectivity index (χ0v) is 11.6. The van der Waals surface area contributed by atoms with Gasteiger partial charge < -0.3 is 15.3 Å². The third kappa shape index (κ3) is 4.79. The Morgan fingerprint density at radius 3 is 2.32 bits per heavy atom. The van der Waals surface area contributed by atoms with Gasteiger partial charge in [0.1, 0.15) is 0 Å². The topological polar surface area (TPSA) is 81.0 Å². The van der Waals surface area contributed by atoms with Crippen molar-refractivity contribution in [1.82, 2.24) is 4.90 Å². The monoisotopic (exact) mass is 267 g/mol. The number of carbonyl (C=O) groups is 1. The molecular weight excluding hydrogens is 246 g/mol. The molecule has 0 unspecified atom stereocenters. The van der Waals surface area contributed by atoms with Crippen molar-refractivity contribution in [2.45, 2.75) is 39.3 Å². The van der Waals surface area contributed by atoms with Crippen LogP contribution in [0.5, 0.6) is 11.5 Å². The average molecular weight is 267 g/mol. The molecule has 0 saturated carbocycles. The quantitative estimate of drug-likeness (QED) is 0.712. The Morgan fingerprint density at radius 2 is 1.84 bits per heavy atom. The Hall–Kier alpha value is -1.75. The minimum atomic E-state index is -0.831. The van der Waals surface area contributed by atoms with Crippen LogP contribution >= 0.6 is 0 Å². The van der Waals surface area contributed by atoms with Crippen LogP contribution in [-0.4, -0.2) is 38.3 Å². The largest absolute Gasteiger partial charge is 0.504 e. The van der Waals surface area contributed by atoms with Crippen LogP contribution in [0, 0.1) is 0 Å². The number of hydrogen-bond acceptors (Lipinski definition) is 4. The first-order chi connectivity index (χ1) is 8.70. The molecule has 0 saturated heterocycles. The molecule has 0 atom stereocenters. The lowest BCUT2D eigenvalue weighted by molar-refractivity contribution is -0.137. The minimum absolute atomic E-state index is 0.0708. The van der Waals surface area contributed by atoms with Crippen molar-refractivity contribution in [3.8, 4) is 11.5 Å². The van der Waals surface area contributed by atoms with E-state index in [1.165, 1.54) is 12.1 Å². The predicted molar refractivity (Wildman–Crippen MR) is 72.2 cm³/mol. The van der Waals surface area contributed by atoms with Gasteiger partial charge in [0.25, 0.3) is 0 Å². The van der Waals surface area contributed by atoms with Gasteiger partial charge in [-0.05, 0) is 38.5 Å². The first-order valence-corrected chi connectivity index (χ1v) is 6.18. The van der Waals surface area contributed by atoms with E-state index in [1.807, 2.05) is 25.7 Å². The summed E-state index contributed by atoms with van der Waals surface area (Å²) in [6.07, 6.45) is 0.0708. The highest BCUT2D eigenvalue weighted by Gasteiger charge is 2.22. The number of aromatic hydroxyl groups is 2. The molecule has 106 valence electrons. The molecule has 0 aliphatic heterocycles. The van der Waals surface area contributed by atoms with E-state index < -0.39 is 5.97 Å². The number of aliphatic carboxylic acids is 1. The van der Waals surface area contributed by atoms with E-state index >= 15 is 0 Å². The van der Waals surface area contributed by atoms with E-state index in [0.717, 1.165) is 5.56 Å². The molecule has 0 spiro atoms. The van der Waals surface area contributed by atoms with E-state index in [-0.39, 0.29) is 23.5 Å². The van der Waals surface area contributed by atoms with Gasteiger partial charge in [-0.2, -0.15) is 0 Å². The van der Waals surface area contributed by atoms with E-state index in [9.17, 15) is 15.0 Å². The maximum absolute atomic E-state index is 10.7. The first-order valence-electron chi connectivity index (χ1n) is 6.18. The number of carboxylic acid groups (broad SMARTS) is 1. The standard InChI is InChI=1S/C14H21NO4/c1-14(2,3)15(7-6-13(18)19)9-10-4-5-11(16)12(17)8-10/h4-5,8,16-17H,6-7,9H2,1-3H3,(H,18,19). The summed E-state index contributed by atoms with van der Waals surface area (Å²) in [5.41, 5.74) is 0.652. The van der Waals surface area contributed by atoms with E-state index in [0.29, 0.717) is 13.1 Å². The maximum Gasteiger partial charge on any atom is 0.304 e. The summed E-state index contributed by atoms with van der Waals surface area (Å²) in [7, 11) is 0. The summed E-state index contributed by atoms with van der Waals surface area (Å²) >= 11 is 0. The molecule has 0 aromatic heterocycles. The van der Waals surface area contributed by atoms with Crippen molar-refractivity contribution < 1.29 is 20.1 Å². The van der Waals surface area contributed by atoms with Crippen LogP contribution in [0.3, 0.4) is 0 Å². The molecule has 0 amide bonds. The van der Waals surface area contributed by atoms with Crippen LogP contribution in [0.25, 0.3) is 0 Å². The van der Waals surface area contributed by atoms with Gasteiger partial charge in [0, 0.05) is 18.6 Å². The summed E-state index contributed by atoms with van der Waals surface area (Å²) in [5.74, 6) is -1.15. The average Bonchev–Trinajstić information content (AvgIpc) is 2.27. The summed E-state index contributed by atoms with van der Waals surface area (Å²) in [6, 6.07) is 4.64. The molecule has 3 N–H and O–H groups in total.